The molecule has 2 aromatic rings. The van der Waals surface area contributed by atoms with Crippen LogP contribution in [0.2, 0.25) is 0 Å². The van der Waals surface area contributed by atoms with E-state index in [9.17, 15) is 9.90 Å². The van der Waals surface area contributed by atoms with Gasteiger partial charge in [0.15, 0.2) is 5.78 Å². The van der Waals surface area contributed by atoms with Crippen LogP contribution in [-0.4, -0.2) is 17.5 Å². The smallest absolute Gasteiger partial charge is 0.166 e. The molecule has 2 aromatic carbocycles. The van der Waals surface area contributed by atoms with Gasteiger partial charge in [-0.3, -0.25) is 4.79 Å². The molecule has 0 radical (unpaired) electrons. The van der Waals surface area contributed by atoms with Gasteiger partial charge in [-0.25, -0.2) is 0 Å². The Balaban J connectivity index is 1.88. The maximum absolute atomic E-state index is 12.9. The number of benzene rings is 2. The molecule has 0 saturated heterocycles. The van der Waals surface area contributed by atoms with Crippen LogP contribution >= 0.6 is 0 Å². The monoisotopic (exact) mass is 306 g/mol. The second-order valence-corrected chi connectivity index (χ2v) is 7.03. The van der Waals surface area contributed by atoms with Gasteiger partial charge in [0.1, 0.15) is 0 Å². The van der Waals surface area contributed by atoms with Gasteiger partial charge in [-0.15, -0.1) is 0 Å². The lowest BCUT2D eigenvalue weighted by Crippen LogP contribution is -2.49. The van der Waals surface area contributed by atoms with Crippen LogP contribution in [0.25, 0.3) is 0 Å². The summed E-state index contributed by atoms with van der Waals surface area (Å²) >= 11 is 0. The fourth-order valence-corrected chi connectivity index (χ4v) is 4.91. The van der Waals surface area contributed by atoms with Crippen molar-refractivity contribution < 1.29 is 9.90 Å². The van der Waals surface area contributed by atoms with E-state index in [-0.39, 0.29) is 23.9 Å². The van der Waals surface area contributed by atoms with Gasteiger partial charge in [-0.2, -0.15) is 0 Å². The molecular formula is C21H22O2. The maximum atomic E-state index is 12.9. The lowest BCUT2D eigenvalue weighted by molar-refractivity contribution is 0.0669. The predicted molar refractivity (Wildman–Crippen MR) is 90.5 cm³/mol. The predicted octanol–water partition coefficient (Wildman–Crippen LogP) is 3.77. The second kappa shape index (κ2) is 5.61. The Hall–Kier alpha value is -1.93. The van der Waals surface area contributed by atoms with Crippen molar-refractivity contribution in [2.24, 2.45) is 11.8 Å². The van der Waals surface area contributed by atoms with Crippen molar-refractivity contribution in [3.8, 4) is 0 Å². The van der Waals surface area contributed by atoms with Crippen molar-refractivity contribution in [1.29, 1.82) is 0 Å². The van der Waals surface area contributed by atoms with Gasteiger partial charge < -0.3 is 5.11 Å². The zero-order valence-corrected chi connectivity index (χ0v) is 13.2. The quantitative estimate of drug-likeness (QED) is 0.937. The van der Waals surface area contributed by atoms with E-state index in [0.717, 1.165) is 36.8 Å². The number of rotatable bonds is 3. The summed E-state index contributed by atoms with van der Waals surface area (Å²) in [6, 6.07) is 18.3. The summed E-state index contributed by atoms with van der Waals surface area (Å²) in [5.41, 5.74) is 2.80. The highest BCUT2D eigenvalue weighted by Crippen LogP contribution is 2.52. The van der Waals surface area contributed by atoms with E-state index in [1.807, 2.05) is 36.4 Å². The van der Waals surface area contributed by atoms with Crippen molar-refractivity contribution >= 4 is 5.78 Å². The normalized spacial score (nSPS) is 29.2. The molecule has 0 unspecified atom stereocenters. The third-order valence-corrected chi connectivity index (χ3v) is 5.94. The molecule has 0 aromatic heterocycles. The van der Waals surface area contributed by atoms with Crippen LogP contribution in [0, 0.1) is 11.8 Å². The average molecular weight is 306 g/mol. The third-order valence-electron chi connectivity index (χ3n) is 5.94. The van der Waals surface area contributed by atoms with Crippen LogP contribution in [0.5, 0.6) is 0 Å². The first kappa shape index (κ1) is 14.6. The average Bonchev–Trinajstić information content (AvgIpc) is 3.10. The van der Waals surface area contributed by atoms with Crippen LogP contribution in [0.15, 0.2) is 54.6 Å². The first-order valence-corrected chi connectivity index (χ1v) is 8.55. The van der Waals surface area contributed by atoms with Gasteiger partial charge in [0.05, 0.1) is 6.61 Å². The minimum absolute atomic E-state index is 0.0840. The fourth-order valence-electron chi connectivity index (χ4n) is 4.91. The Morgan fingerprint density at radius 3 is 2.52 bits per heavy atom. The standard InChI is InChI=1S/C21H22O2/c22-14-21(13-15-7-2-1-3-8-15)18-11-5-4-9-16(18)20(23)17-10-6-12-19(17)21/h1-5,7-9,11,17,19,22H,6,10,12-14H2/t17-,19-,21+/m0/s1. The summed E-state index contributed by atoms with van der Waals surface area (Å²) in [4.78, 5) is 12.9. The minimum atomic E-state index is -0.326. The van der Waals surface area contributed by atoms with E-state index in [1.54, 1.807) is 0 Å². The summed E-state index contributed by atoms with van der Waals surface area (Å²) in [7, 11) is 0. The topological polar surface area (TPSA) is 37.3 Å². The van der Waals surface area contributed by atoms with Crippen LogP contribution in [-0.2, 0) is 11.8 Å². The number of carbonyl (C=O) groups excluding carboxylic acids is 1. The van der Waals surface area contributed by atoms with Crippen molar-refractivity contribution in [1.82, 2.24) is 0 Å². The molecular weight excluding hydrogens is 284 g/mol. The lowest BCUT2D eigenvalue weighted by atomic mass is 9.58. The van der Waals surface area contributed by atoms with Crippen molar-refractivity contribution in [2.75, 3.05) is 6.61 Å². The molecule has 2 aliphatic rings. The molecule has 118 valence electrons. The van der Waals surface area contributed by atoms with E-state index < -0.39 is 0 Å². The molecule has 2 aliphatic carbocycles. The molecule has 0 aliphatic heterocycles. The molecule has 23 heavy (non-hydrogen) atoms. The molecule has 0 heterocycles. The molecule has 1 N–H and O–H groups in total. The first-order valence-electron chi connectivity index (χ1n) is 8.55. The highest BCUT2D eigenvalue weighted by molar-refractivity contribution is 6.01. The number of ketones is 1. The zero-order chi connectivity index (χ0) is 15.9. The second-order valence-electron chi connectivity index (χ2n) is 7.03. The maximum Gasteiger partial charge on any atom is 0.166 e. The highest BCUT2D eigenvalue weighted by Gasteiger charge is 2.53. The SMILES string of the molecule is O=C1c2ccccc2[C@](CO)(Cc2ccccc2)[C@H]2CCC[C@H]12. The summed E-state index contributed by atoms with van der Waals surface area (Å²) in [5, 5.41) is 10.5. The van der Waals surface area contributed by atoms with Gasteiger partial charge in [0, 0.05) is 16.9 Å². The molecule has 3 atom stereocenters. The highest BCUT2D eigenvalue weighted by atomic mass is 16.3. The largest absolute Gasteiger partial charge is 0.395 e. The van der Waals surface area contributed by atoms with Crippen molar-refractivity contribution in [3.05, 3.63) is 71.3 Å². The number of hydrogen-bond donors (Lipinski definition) is 1. The number of aliphatic hydroxyl groups excluding tert-OH is 1. The number of aliphatic hydroxyl groups is 1. The molecule has 4 rings (SSSR count). The summed E-state index contributed by atoms with van der Waals surface area (Å²) < 4.78 is 0. The number of carbonyl (C=O) groups is 1. The Morgan fingerprint density at radius 2 is 1.74 bits per heavy atom. The molecule has 0 bridgehead atoms. The Morgan fingerprint density at radius 1 is 1.00 bits per heavy atom. The molecule has 0 spiro atoms. The molecule has 0 amide bonds. The number of hydrogen-bond acceptors (Lipinski definition) is 2. The Kier molecular flexibility index (Phi) is 3.57. The van der Waals surface area contributed by atoms with Gasteiger partial charge in [0.25, 0.3) is 0 Å². The van der Waals surface area contributed by atoms with Gasteiger partial charge >= 0.3 is 0 Å². The number of Topliss-reactive ketones (excluding diaryl/α,β-unsaturated/α-hetero) is 1. The van der Waals surface area contributed by atoms with E-state index >= 15 is 0 Å². The van der Waals surface area contributed by atoms with Crippen LogP contribution in [0.4, 0.5) is 0 Å². The van der Waals surface area contributed by atoms with Gasteiger partial charge in [0.2, 0.25) is 0 Å². The van der Waals surface area contributed by atoms with Crippen LogP contribution < -0.4 is 0 Å². The lowest BCUT2D eigenvalue weighted by Gasteiger charge is -2.45. The summed E-state index contributed by atoms with van der Waals surface area (Å²) in [6.45, 7) is 0.105. The first-order chi connectivity index (χ1) is 11.3. The van der Waals surface area contributed by atoms with E-state index in [1.165, 1.54) is 5.56 Å². The van der Waals surface area contributed by atoms with Crippen LogP contribution in [0.3, 0.4) is 0 Å². The third kappa shape index (κ3) is 2.16. The number of fused-ring (bicyclic) bond motifs is 2. The molecule has 2 heteroatoms. The molecule has 1 saturated carbocycles. The minimum Gasteiger partial charge on any atom is -0.395 e. The van der Waals surface area contributed by atoms with Gasteiger partial charge in [-0.1, -0.05) is 61.0 Å². The van der Waals surface area contributed by atoms with Gasteiger partial charge in [-0.05, 0) is 36.3 Å². The van der Waals surface area contributed by atoms with Crippen molar-refractivity contribution in [2.45, 2.75) is 31.1 Å². The molecule has 2 nitrogen and oxygen atoms in total. The molecule has 1 fully saturated rings. The fraction of sp³-hybridized carbons (Fsp3) is 0.381. The van der Waals surface area contributed by atoms with Crippen molar-refractivity contribution in [3.63, 3.8) is 0 Å². The summed E-state index contributed by atoms with van der Waals surface area (Å²) in [5.74, 6) is 0.635. The van der Waals surface area contributed by atoms with E-state index in [0.29, 0.717) is 5.78 Å². The zero-order valence-electron chi connectivity index (χ0n) is 13.2. The summed E-state index contributed by atoms with van der Waals surface area (Å²) in [6.07, 6.45) is 3.90. The van der Waals surface area contributed by atoms with E-state index in [4.69, 9.17) is 0 Å². The van der Waals surface area contributed by atoms with E-state index in [2.05, 4.69) is 18.2 Å². The Labute approximate surface area is 137 Å². The van der Waals surface area contributed by atoms with Crippen LogP contribution in [0.1, 0.15) is 40.7 Å². The Bertz CT molecular complexity index is 722.